The molecule has 0 aromatic heterocycles. The Kier molecular flexibility index (Phi) is 6.78. The third kappa shape index (κ3) is 5.33. The van der Waals surface area contributed by atoms with Crippen LogP contribution in [0.25, 0.3) is 10.8 Å². The third-order valence-electron chi connectivity index (χ3n) is 4.53. The van der Waals surface area contributed by atoms with E-state index in [2.05, 4.69) is 15.3 Å². The molecule has 160 valence electrons. The summed E-state index contributed by atoms with van der Waals surface area (Å²) >= 11 is 0. The van der Waals surface area contributed by atoms with Crippen LogP contribution in [0.3, 0.4) is 0 Å². The molecule has 0 spiro atoms. The van der Waals surface area contributed by atoms with E-state index in [1.807, 2.05) is 24.3 Å². The summed E-state index contributed by atoms with van der Waals surface area (Å²) in [5.41, 5.74) is 3.33. The average molecular weight is 439 g/mol. The lowest BCUT2D eigenvalue weighted by atomic mass is 10.1. The van der Waals surface area contributed by atoms with Gasteiger partial charge in [0.1, 0.15) is 0 Å². The number of nitrogens with one attached hydrogen (secondary N) is 1. The molecule has 0 saturated carbocycles. The first kappa shape index (κ1) is 22.1. The molecule has 3 aromatic carbocycles. The van der Waals surface area contributed by atoms with Crippen LogP contribution in [0.1, 0.15) is 15.9 Å². The van der Waals surface area contributed by atoms with Gasteiger partial charge in [0, 0.05) is 7.05 Å². The Bertz CT molecular complexity index is 1240. The molecule has 1 N–H and O–H groups in total. The summed E-state index contributed by atoms with van der Waals surface area (Å²) in [6.07, 6.45) is 1.39. The van der Waals surface area contributed by atoms with Gasteiger partial charge in [0.25, 0.3) is 5.91 Å². The fraction of sp³-hybridized carbons (Fsp3) is 0.136. The summed E-state index contributed by atoms with van der Waals surface area (Å²) in [6, 6.07) is 18.7. The fourth-order valence-corrected chi connectivity index (χ4v) is 4.00. The largest absolute Gasteiger partial charge is 0.465 e. The maximum absolute atomic E-state index is 12.8. The monoisotopic (exact) mass is 439 g/mol. The normalized spacial score (nSPS) is 11.7. The number of rotatable bonds is 7. The Morgan fingerprint density at radius 3 is 2.39 bits per heavy atom. The molecular weight excluding hydrogens is 418 g/mol. The van der Waals surface area contributed by atoms with Gasteiger partial charge in [-0.2, -0.15) is 9.41 Å². The first-order chi connectivity index (χ1) is 14.8. The minimum absolute atomic E-state index is 0.107. The van der Waals surface area contributed by atoms with Crippen LogP contribution < -0.4 is 5.43 Å². The molecule has 8 nitrogen and oxygen atoms in total. The number of hydrogen-bond acceptors (Lipinski definition) is 6. The van der Waals surface area contributed by atoms with Crippen molar-refractivity contribution in [3.05, 3.63) is 77.9 Å². The highest BCUT2D eigenvalue weighted by Gasteiger charge is 2.23. The van der Waals surface area contributed by atoms with Crippen molar-refractivity contribution in [1.29, 1.82) is 0 Å². The van der Waals surface area contributed by atoms with Crippen molar-refractivity contribution >= 4 is 38.9 Å². The second-order valence-electron chi connectivity index (χ2n) is 6.68. The lowest BCUT2D eigenvalue weighted by Gasteiger charge is -2.16. The number of hydrazone groups is 1. The molecule has 0 aliphatic heterocycles. The number of hydrogen-bond donors (Lipinski definition) is 1. The van der Waals surface area contributed by atoms with E-state index < -0.39 is 28.4 Å². The number of fused-ring (bicyclic) bond motifs is 1. The van der Waals surface area contributed by atoms with Crippen molar-refractivity contribution < 1.29 is 22.7 Å². The topological polar surface area (TPSA) is 105 Å². The van der Waals surface area contributed by atoms with Crippen LogP contribution in [-0.2, 0) is 19.6 Å². The highest BCUT2D eigenvalue weighted by molar-refractivity contribution is 7.89. The number of esters is 1. The molecule has 0 heterocycles. The Morgan fingerprint density at radius 1 is 1.03 bits per heavy atom. The molecule has 0 atom stereocenters. The molecule has 3 aromatic rings. The van der Waals surface area contributed by atoms with Crippen LogP contribution in [0, 0.1) is 0 Å². The van der Waals surface area contributed by atoms with Gasteiger partial charge < -0.3 is 4.74 Å². The summed E-state index contributed by atoms with van der Waals surface area (Å²) in [6.45, 7) is -0.395. The number of amides is 1. The van der Waals surface area contributed by atoms with Crippen molar-refractivity contribution in [1.82, 2.24) is 9.73 Å². The van der Waals surface area contributed by atoms with Crippen LogP contribution in [0.15, 0.2) is 76.7 Å². The molecule has 0 saturated heterocycles. The van der Waals surface area contributed by atoms with Crippen LogP contribution in [0.2, 0.25) is 0 Å². The molecule has 3 rings (SSSR count). The molecule has 0 aliphatic carbocycles. The number of methoxy groups -OCH3 is 1. The van der Waals surface area contributed by atoms with E-state index in [4.69, 9.17) is 0 Å². The second kappa shape index (κ2) is 9.50. The molecule has 0 bridgehead atoms. The molecule has 0 radical (unpaired) electrons. The zero-order valence-electron chi connectivity index (χ0n) is 17.0. The van der Waals surface area contributed by atoms with Crippen molar-refractivity contribution in [2.24, 2.45) is 5.10 Å². The van der Waals surface area contributed by atoms with Crippen LogP contribution in [0.4, 0.5) is 0 Å². The third-order valence-corrected chi connectivity index (χ3v) is 6.33. The van der Waals surface area contributed by atoms with Gasteiger partial charge in [-0.25, -0.2) is 18.6 Å². The molecule has 1 amide bonds. The van der Waals surface area contributed by atoms with E-state index >= 15 is 0 Å². The predicted octanol–water partition coefficient (Wildman–Crippen LogP) is 2.40. The Balaban J connectivity index is 1.61. The highest BCUT2D eigenvalue weighted by atomic mass is 32.2. The molecule has 9 heteroatoms. The number of ether oxygens (including phenoxy) is 1. The minimum atomic E-state index is -3.84. The van der Waals surface area contributed by atoms with Gasteiger partial charge in [-0.05, 0) is 40.6 Å². The van der Waals surface area contributed by atoms with Crippen LogP contribution in [0.5, 0.6) is 0 Å². The van der Waals surface area contributed by atoms with Crippen molar-refractivity contribution in [2.45, 2.75) is 4.90 Å². The van der Waals surface area contributed by atoms with Crippen molar-refractivity contribution in [2.75, 3.05) is 20.7 Å². The molecule has 0 unspecified atom stereocenters. The van der Waals surface area contributed by atoms with Crippen molar-refractivity contribution in [3.8, 4) is 0 Å². The summed E-state index contributed by atoms with van der Waals surface area (Å²) in [4.78, 5) is 23.6. The Labute approximate surface area is 180 Å². The second-order valence-corrected chi connectivity index (χ2v) is 8.72. The van der Waals surface area contributed by atoms with E-state index in [0.29, 0.717) is 11.1 Å². The van der Waals surface area contributed by atoms with Gasteiger partial charge in [-0.3, -0.25) is 4.79 Å². The predicted molar refractivity (Wildman–Crippen MR) is 117 cm³/mol. The first-order valence-corrected chi connectivity index (χ1v) is 10.7. The summed E-state index contributed by atoms with van der Waals surface area (Å²) < 4.78 is 31.2. The fourth-order valence-electron chi connectivity index (χ4n) is 2.83. The van der Waals surface area contributed by atoms with E-state index in [-0.39, 0.29) is 4.90 Å². The SMILES string of the molecule is COC(=O)c1ccc(/C=N/NC(=O)CN(C)S(=O)(=O)c2ccc3ccccc3c2)cc1. The first-order valence-electron chi connectivity index (χ1n) is 9.26. The van der Waals surface area contributed by atoms with Gasteiger partial charge in [0.15, 0.2) is 0 Å². The minimum Gasteiger partial charge on any atom is -0.465 e. The number of nitrogens with zero attached hydrogens (tertiary/aromatic N) is 2. The van der Waals surface area contributed by atoms with Crippen molar-refractivity contribution in [3.63, 3.8) is 0 Å². The van der Waals surface area contributed by atoms with E-state index in [0.717, 1.165) is 15.1 Å². The van der Waals surface area contributed by atoms with Gasteiger partial charge in [0.2, 0.25) is 10.0 Å². The standard InChI is InChI=1S/C22H21N3O5S/c1-25(31(28,29)20-12-11-17-5-3-4-6-19(17)13-20)15-21(26)24-23-14-16-7-9-18(10-8-16)22(27)30-2/h3-14H,15H2,1-2H3,(H,24,26)/b23-14+. The smallest absolute Gasteiger partial charge is 0.337 e. The zero-order valence-corrected chi connectivity index (χ0v) is 17.8. The number of benzene rings is 3. The molecular formula is C22H21N3O5S. The zero-order chi connectivity index (χ0) is 22.4. The number of carbonyl (C=O) groups excluding carboxylic acids is 2. The Hall–Kier alpha value is -3.56. The van der Waals surface area contributed by atoms with Gasteiger partial charge in [-0.15, -0.1) is 0 Å². The molecule has 0 aliphatic rings. The quantitative estimate of drug-likeness (QED) is 0.346. The van der Waals surface area contributed by atoms with E-state index in [1.54, 1.807) is 36.4 Å². The Morgan fingerprint density at radius 2 is 1.71 bits per heavy atom. The van der Waals surface area contributed by atoms with Crippen LogP contribution >= 0.6 is 0 Å². The summed E-state index contributed by atoms with van der Waals surface area (Å²) in [7, 11) is -1.21. The van der Waals surface area contributed by atoms with Gasteiger partial charge >= 0.3 is 5.97 Å². The van der Waals surface area contributed by atoms with Gasteiger partial charge in [-0.1, -0.05) is 42.5 Å². The number of likely N-dealkylation sites (N-methyl/N-ethyl adjacent to an activating group) is 1. The number of sulfonamides is 1. The molecule has 0 fully saturated rings. The lowest BCUT2D eigenvalue weighted by molar-refractivity contribution is -0.121. The highest BCUT2D eigenvalue weighted by Crippen LogP contribution is 2.21. The molecule has 31 heavy (non-hydrogen) atoms. The van der Waals surface area contributed by atoms with E-state index in [9.17, 15) is 18.0 Å². The summed E-state index contributed by atoms with van der Waals surface area (Å²) in [5, 5.41) is 5.55. The maximum Gasteiger partial charge on any atom is 0.337 e. The van der Waals surface area contributed by atoms with Crippen LogP contribution in [-0.4, -0.2) is 51.5 Å². The number of carbonyl (C=O) groups is 2. The summed E-state index contributed by atoms with van der Waals surface area (Å²) in [5.74, 6) is -1.04. The van der Waals surface area contributed by atoms with Gasteiger partial charge in [0.05, 0.1) is 30.3 Å². The average Bonchev–Trinajstić information content (AvgIpc) is 2.78. The maximum atomic E-state index is 12.8. The van der Waals surface area contributed by atoms with E-state index in [1.165, 1.54) is 26.4 Å². The lowest BCUT2D eigenvalue weighted by Crippen LogP contribution is -2.36.